The topological polar surface area (TPSA) is 98.2 Å². The molecule has 2 heterocycles. The van der Waals surface area contributed by atoms with E-state index in [2.05, 4.69) is 4.98 Å². The van der Waals surface area contributed by atoms with Crippen molar-refractivity contribution in [2.45, 2.75) is 32.9 Å². The fourth-order valence-corrected chi connectivity index (χ4v) is 6.50. The Morgan fingerprint density at radius 2 is 1.70 bits per heavy atom. The summed E-state index contributed by atoms with van der Waals surface area (Å²) in [6.45, 7) is 5.11. The summed E-state index contributed by atoms with van der Waals surface area (Å²) in [5.74, 6) is -0.357. The van der Waals surface area contributed by atoms with E-state index in [1.807, 2.05) is 44.2 Å². The van der Waals surface area contributed by atoms with E-state index in [-0.39, 0.29) is 11.3 Å². The average molecular weight is 655 g/mol. The van der Waals surface area contributed by atoms with Crippen molar-refractivity contribution in [2.24, 2.45) is 0 Å². The zero-order chi connectivity index (χ0) is 32.2. The first-order chi connectivity index (χ1) is 22.4. The maximum absolute atomic E-state index is 13.8. The largest absolute Gasteiger partial charge is 0.507 e. The normalized spacial score (nSPS) is 15.8. The molecule has 5 aromatic rings. The summed E-state index contributed by atoms with van der Waals surface area (Å²) in [6, 6.07) is 26.0. The third kappa shape index (κ3) is 6.29. The quantitative estimate of drug-likeness (QED) is 0.0868. The van der Waals surface area contributed by atoms with Crippen molar-refractivity contribution in [3.05, 3.63) is 118 Å². The number of ketones is 1. The van der Waals surface area contributed by atoms with Crippen molar-refractivity contribution in [1.82, 2.24) is 4.98 Å². The molecule has 1 aromatic heterocycles. The van der Waals surface area contributed by atoms with Gasteiger partial charge in [-0.3, -0.25) is 14.5 Å². The Balaban J connectivity index is 1.46. The first kappa shape index (κ1) is 31.1. The molecule has 1 atom stereocenters. The second-order valence-corrected chi connectivity index (χ2v) is 12.0. The summed E-state index contributed by atoms with van der Waals surface area (Å²) < 4.78 is 18.5. The number of rotatable bonds is 11. The number of anilines is 1. The molecule has 0 bridgehead atoms. The Kier molecular flexibility index (Phi) is 9.23. The number of hydrogen-bond donors (Lipinski definition) is 1. The van der Waals surface area contributed by atoms with Gasteiger partial charge in [0, 0.05) is 10.6 Å². The number of thiazole rings is 1. The zero-order valence-electron chi connectivity index (χ0n) is 25.2. The number of aliphatic hydroxyl groups is 1. The monoisotopic (exact) mass is 654 g/mol. The molecule has 1 fully saturated rings. The van der Waals surface area contributed by atoms with Crippen LogP contribution in [-0.2, 0) is 16.2 Å². The van der Waals surface area contributed by atoms with Gasteiger partial charge in [-0.05, 0) is 79.1 Å². The number of fused-ring (bicyclic) bond motifs is 1. The van der Waals surface area contributed by atoms with Gasteiger partial charge in [0.15, 0.2) is 16.6 Å². The van der Waals surface area contributed by atoms with Crippen LogP contribution in [0, 0.1) is 0 Å². The lowest BCUT2D eigenvalue weighted by molar-refractivity contribution is -0.132. The van der Waals surface area contributed by atoms with E-state index in [4.69, 9.17) is 25.8 Å². The molecule has 234 valence electrons. The average Bonchev–Trinajstić information content (AvgIpc) is 3.60. The molecular weight excluding hydrogens is 624 g/mol. The number of ether oxygens (including phenoxy) is 3. The SMILES string of the molecule is CCCOc1ccc(C(O)=C2C(=O)C(=O)N(c3nc4ccc(Cl)cc4s3)C2c2ccc(OCc3ccccc3)c(OCC)c2)cc1. The van der Waals surface area contributed by atoms with E-state index >= 15 is 0 Å². The number of carbonyl (C=O) groups excluding carboxylic acids is 2. The number of aliphatic hydroxyl groups excluding tert-OH is 1. The van der Waals surface area contributed by atoms with E-state index in [1.54, 1.807) is 60.7 Å². The van der Waals surface area contributed by atoms with Crippen LogP contribution >= 0.6 is 22.9 Å². The number of halogens is 1. The molecule has 46 heavy (non-hydrogen) atoms. The van der Waals surface area contributed by atoms with Crippen molar-refractivity contribution in [2.75, 3.05) is 18.1 Å². The third-order valence-corrected chi connectivity index (χ3v) is 8.66. The van der Waals surface area contributed by atoms with Gasteiger partial charge in [0.25, 0.3) is 5.78 Å². The highest BCUT2D eigenvalue weighted by Crippen LogP contribution is 2.46. The van der Waals surface area contributed by atoms with Crippen LogP contribution in [0.5, 0.6) is 17.2 Å². The molecule has 0 radical (unpaired) electrons. The maximum Gasteiger partial charge on any atom is 0.301 e. The Hall–Kier alpha value is -4.86. The molecule has 1 aliphatic rings. The molecule has 1 amide bonds. The highest BCUT2D eigenvalue weighted by atomic mass is 35.5. The van der Waals surface area contributed by atoms with Crippen LogP contribution in [0.3, 0.4) is 0 Å². The van der Waals surface area contributed by atoms with Gasteiger partial charge >= 0.3 is 5.91 Å². The smallest absolute Gasteiger partial charge is 0.301 e. The van der Waals surface area contributed by atoms with Gasteiger partial charge in [-0.15, -0.1) is 0 Å². The van der Waals surface area contributed by atoms with Crippen LogP contribution in [0.4, 0.5) is 5.13 Å². The van der Waals surface area contributed by atoms with Gasteiger partial charge in [-0.1, -0.05) is 66.3 Å². The maximum atomic E-state index is 13.8. The van der Waals surface area contributed by atoms with Gasteiger partial charge in [0.2, 0.25) is 0 Å². The number of hydrogen-bond acceptors (Lipinski definition) is 8. The van der Waals surface area contributed by atoms with E-state index in [0.717, 1.165) is 16.7 Å². The molecule has 0 aliphatic carbocycles. The number of Topliss-reactive ketones (excluding diaryl/α,β-unsaturated/α-hetero) is 1. The molecule has 6 rings (SSSR count). The number of nitrogens with zero attached hydrogens (tertiary/aromatic N) is 2. The number of aromatic nitrogens is 1. The van der Waals surface area contributed by atoms with Gasteiger partial charge in [-0.25, -0.2) is 4.98 Å². The minimum Gasteiger partial charge on any atom is -0.507 e. The summed E-state index contributed by atoms with van der Waals surface area (Å²) >= 11 is 7.47. The summed E-state index contributed by atoms with van der Waals surface area (Å²) in [4.78, 5) is 33.6. The lowest BCUT2D eigenvalue weighted by atomic mass is 9.95. The third-order valence-electron chi connectivity index (χ3n) is 7.41. The molecule has 10 heteroatoms. The van der Waals surface area contributed by atoms with Crippen LogP contribution in [0.25, 0.3) is 16.0 Å². The Labute approximate surface area is 275 Å². The predicted molar refractivity (Wildman–Crippen MR) is 180 cm³/mol. The highest BCUT2D eigenvalue weighted by molar-refractivity contribution is 7.22. The second kappa shape index (κ2) is 13.6. The van der Waals surface area contributed by atoms with Crippen molar-refractivity contribution in [3.8, 4) is 17.2 Å². The molecule has 1 N–H and O–H groups in total. The Morgan fingerprint density at radius 3 is 2.43 bits per heavy atom. The predicted octanol–water partition coefficient (Wildman–Crippen LogP) is 8.34. The minimum atomic E-state index is -1.01. The first-order valence-corrected chi connectivity index (χ1v) is 16.1. The van der Waals surface area contributed by atoms with Crippen molar-refractivity contribution in [1.29, 1.82) is 0 Å². The fourth-order valence-electron chi connectivity index (χ4n) is 5.24. The molecule has 1 unspecified atom stereocenters. The van der Waals surface area contributed by atoms with E-state index < -0.39 is 17.7 Å². The van der Waals surface area contributed by atoms with Crippen LogP contribution in [0.2, 0.25) is 5.02 Å². The van der Waals surface area contributed by atoms with Crippen LogP contribution in [0.15, 0.2) is 96.6 Å². The zero-order valence-corrected chi connectivity index (χ0v) is 26.8. The molecular formula is C36H31ClN2O6S. The minimum absolute atomic E-state index is 0.0649. The fraction of sp³-hybridized carbons (Fsp3) is 0.194. The first-order valence-electron chi connectivity index (χ1n) is 14.9. The molecule has 0 spiro atoms. The van der Waals surface area contributed by atoms with Gasteiger partial charge in [-0.2, -0.15) is 0 Å². The van der Waals surface area contributed by atoms with Gasteiger partial charge in [0.1, 0.15) is 18.1 Å². The van der Waals surface area contributed by atoms with Crippen molar-refractivity contribution >= 4 is 55.7 Å². The second-order valence-electron chi connectivity index (χ2n) is 10.6. The number of amides is 1. The Morgan fingerprint density at radius 1 is 0.913 bits per heavy atom. The lowest BCUT2D eigenvalue weighted by Gasteiger charge is -2.24. The Bertz CT molecular complexity index is 1920. The summed E-state index contributed by atoms with van der Waals surface area (Å²) in [7, 11) is 0. The molecule has 1 aliphatic heterocycles. The molecule has 8 nitrogen and oxygen atoms in total. The molecule has 4 aromatic carbocycles. The van der Waals surface area contributed by atoms with Crippen LogP contribution < -0.4 is 19.1 Å². The van der Waals surface area contributed by atoms with Crippen molar-refractivity contribution in [3.63, 3.8) is 0 Å². The standard InChI is InChI=1S/C36H31ClN2O6S/c1-3-18-44-26-14-10-23(11-15-26)33(40)31-32(39(35(42)34(31)41)36-38-27-16-13-25(37)20-30(27)46-36)24-12-17-28(29(19-24)43-4-2)45-21-22-8-6-5-7-9-22/h5-17,19-20,32,40H,3-4,18,21H2,1-2H3. The van der Waals surface area contributed by atoms with Crippen LogP contribution in [0.1, 0.15) is 43.0 Å². The van der Waals surface area contributed by atoms with E-state index in [9.17, 15) is 14.7 Å². The van der Waals surface area contributed by atoms with Gasteiger partial charge < -0.3 is 19.3 Å². The summed E-state index contributed by atoms with van der Waals surface area (Å²) in [6.07, 6.45) is 0.850. The van der Waals surface area contributed by atoms with Crippen molar-refractivity contribution < 1.29 is 28.9 Å². The number of carbonyl (C=O) groups is 2. The van der Waals surface area contributed by atoms with E-state index in [0.29, 0.717) is 63.9 Å². The molecule has 1 saturated heterocycles. The number of benzene rings is 4. The summed E-state index contributed by atoms with van der Waals surface area (Å²) in [5, 5.41) is 12.5. The highest BCUT2D eigenvalue weighted by Gasteiger charge is 2.48. The van der Waals surface area contributed by atoms with E-state index in [1.165, 1.54) is 16.2 Å². The molecule has 0 saturated carbocycles. The lowest BCUT2D eigenvalue weighted by Crippen LogP contribution is -2.29. The van der Waals surface area contributed by atoms with Gasteiger partial charge in [0.05, 0.1) is 35.0 Å². The van der Waals surface area contributed by atoms with Crippen LogP contribution in [-0.4, -0.2) is 35.0 Å². The summed E-state index contributed by atoms with van der Waals surface area (Å²) in [5.41, 5.74) is 2.47.